The number of hydrogen-bond acceptors (Lipinski definition) is 5. The van der Waals surface area contributed by atoms with Crippen LogP contribution in [-0.4, -0.2) is 35.3 Å². The number of nitrogens with two attached hydrogens (primary N) is 1. The number of fused-ring (bicyclic) bond motifs is 1. The lowest BCUT2D eigenvalue weighted by atomic mass is 10.0. The molecule has 1 aliphatic heterocycles. The molecule has 1 aromatic carbocycles. The van der Waals surface area contributed by atoms with Gasteiger partial charge in [0, 0.05) is 47.2 Å². The molecule has 148 valence electrons. The molecule has 0 radical (unpaired) electrons. The summed E-state index contributed by atoms with van der Waals surface area (Å²) in [6.45, 7) is 7.79. The highest BCUT2D eigenvalue weighted by molar-refractivity contribution is 5.96. The zero-order chi connectivity index (χ0) is 19.7. The standard InChI is InChI=1S/C22H29N5O/c1-13(2)22-14(3)4-5-21(27-22)26-20-11-15(10-19-16(20)6-8-24-19)25-18-7-9-28-12-17(18)23/h4-6,8,10-11,13,17-18,24-25H,7,9,12,23H2,1-3H3,(H,26,27)/t17-,18+/m0/s1. The number of aromatic amines is 1. The lowest BCUT2D eigenvalue weighted by molar-refractivity contribution is 0.0752. The van der Waals surface area contributed by atoms with Gasteiger partial charge in [0.15, 0.2) is 0 Å². The molecule has 0 saturated carbocycles. The molecule has 28 heavy (non-hydrogen) atoms. The number of benzene rings is 1. The van der Waals surface area contributed by atoms with E-state index in [0.717, 1.165) is 46.8 Å². The lowest BCUT2D eigenvalue weighted by Crippen LogP contribution is -2.47. The van der Waals surface area contributed by atoms with Crippen LogP contribution in [0.25, 0.3) is 10.9 Å². The maximum atomic E-state index is 6.22. The van der Waals surface area contributed by atoms with Crippen LogP contribution in [0.3, 0.4) is 0 Å². The van der Waals surface area contributed by atoms with Crippen LogP contribution in [-0.2, 0) is 4.74 Å². The minimum absolute atomic E-state index is 0.00290. The first-order valence-electron chi connectivity index (χ1n) is 9.97. The van der Waals surface area contributed by atoms with Crippen molar-refractivity contribution < 1.29 is 4.74 Å². The molecule has 0 unspecified atom stereocenters. The Labute approximate surface area is 165 Å². The topological polar surface area (TPSA) is 88.0 Å². The highest BCUT2D eigenvalue weighted by Crippen LogP contribution is 2.31. The van der Waals surface area contributed by atoms with E-state index in [-0.39, 0.29) is 12.1 Å². The van der Waals surface area contributed by atoms with Crippen molar-refractivity contribution in [3.63, 3.8) is 0 Å². The van der Waals surface area contributed by atoms with Crippen molar-refractivity contribution in [1.29, 1.82) is 0 Å². The van der Waals surface area contributed by atoms with Gasteiger partial charge in [0.05, 0.1) is 12.3 Å². The van der Waals surface area contributed by atoms with Gasteiger partial charge < -0.3 is 26.1 Å². The Balaban J connectivity index is 1.65. The number of aryl methyl sites for hydroxylation is 1. The number of anilines is 3. The summed E-state index contributed by atoms with van der Waals surface area (Å²) in [5.41, 5.74) is 11.7. The number of aromatic nitrogens is 2. The zero-order valence-corrected chi connectivity index (χ0v) is 16.8. The summed E-state index contributed by atoms with van der Waals surface area (Å²) in [4.78, 5) is 8.15. The number of pyridine rings is 1. The van der Waals surface area contributed by atoms with Gasteiger partial charge in [0.25, 0.3) is 0 Å². The van der Waals surface area contributed by atoms with Gasteiger partial charge >= 0.3 is 0 Å². The van der Waals surface area contributed by atoms with Gasteiger partial charge in [-0.3, -0.25) is 0 Å². The fourth-order valence-corrected chi connectivity index (χ4v) is 3.84. The van der Waals surface area contributed by atoms with Crippen molar-refractivity contribution in [2.45, 2.75) is 45.2 Å². The molecular formula is C22H29N5O. The molecule has 3 aromatic rings. The van der Waals surface area contributed by atoms with E-state index in [1.54, 1.807) is 0 Å². The average molecular weight is 380 g/mol. The fourth-order valence-electron chi connectivity index (χ4n) is 3.84. The van der Waals surface area contributed by atoms with Crippen LogP contribution < -0.4 is 16.4 Å². The molecule has 3 heterocycles. The predicted octanol–water partition coefficient (Wildman–Crippen LogP) is 4.27. The van der Waals surface area contributed by atoms with Crippen molar-refractivity contribution in [2.24, 2.45) is 5.73 Å². The predicted molar refractivity (Wildman–Crippen MR) is 115 cm³/mol. The maximum absolute atomic E-state index is 6.22. The quantitative estimate of drug-likeness (QED) is 0.532. The third kappa shape index (κ3) is 3.84. The van der Waals surface area contributed by atoms with Crippen molar-refractivity contribution in [2.75, 3.05) is 23.8 Å². The molecule has 4 rings (SSSR count). The Morgan fingerprint density at radius 2 is 2.11 bits per heavy atom. The minimum atomic E-state index is -0.00290. The minimum Gasteiger partial charge on any atom is -0.380 e. The van der Waals surface area contributed by atoms with E-state index < -0.39 is 0 Å². The van der Waals surface area contributed by atoms with Crippen LogP contribution in [0.2, 0.25) is 0 Å². The molecule has 6 nitrogen and oxygen atoms in total. The van der Waals surface area contributed by atoms with Crippen LogP contribution in [0.4, 0.5) is 17.2 Å². The number of ether oxygens (including phenoxy) is 1. The summed E-state index contributed by atoms with van der Waals surface area (Å²) in [5, 5.41) is 8.24. The average Bonchev–Trinajstić information content (AvgIpc) is 3.14. The summed E-state index contributed by atoms with van der Waals surface area (Å²) < 4.78 is 5.46. The van der Waals surface area contributed by atoms with Crippen LogP contribution in [0.15, 0.2) is 36.5 Å². The van der Waals surface area contributed by atoms with Gasteiger partial charge in [-0.1, -0.05) is 19.9 Å². The second-order valence-corrected chi connectivity index (χ2v) is 7.92. The van der Waals surface area contributed by atoms with Gasteiger partial charge in [0.1, 0.15) is 5.82 Å². The van der Waals surface area contributed by atoms with Gasteiger partial charge in [-0.05, 0) is 49.1 Å². The molecule has 2 atom stereocenters. The summed E-state index contributed by atoms with van der Waals surface area (Å²) in [6.07, 6.45) is 2.87. The number of H-pyrrole nitrogens is 1. The molecule has 1 saturated heterocycles. The third-order valence-electron chi connectivity index (χ3n) is 5.37. The van der Waals surface area contributed by atoms with Crippen molar-refractivity contribution in [3.05, 3.63) is 47.8 Å². The van der Waals surface area contributed by atoms with Gasteiger partial charge in [0.2, 0.25) is 0 Å². The molecule has 1 aliphatic rings. The Bertz CT molecular complexity index is 965. The van der Waals surface area contributed by atoms with E-state index >= 15 is 0 Å². The molecule has 0 amide bonds. The van der Waals surface area contributed by atoms with E-state index in [2.05, 4.69) is 60.7 Å². The molecule has 5 N–H and O–H groups in total. The first-order chi connectivity index (χ1) is 13.5. The number of rotatable bonds is 5. The van der Waals surface area contributed by atoms with Gasteiger partial charge in [-0.25, -0.2) is 4.98 Å². The van der Waals surface area contributed by atoms with Crippen molar-refractivity contribution in [3.8, 4) is 0 Å². The smallest absolute Gasteiger partial charge is 0.130 e. The van der Waals surface area contributed by atoms with Crippen molar-refractivity contribution in [1.82, 2.24) is 9.97 Å². The normalized spacial score (nSPS) is 19.9. The molecule has 1 fully saturated rings. The molecule has 0 bridgehead atoms. The third-order valence-corrected chi connectivity index (χ3v) is 5.37. The molecule has 2 aromatic heterocycles. The van der Waals surface area contributed by atoms with Crippen LogP contribution >= 0.6 is 0 Å². The molecule has 6 heteroatoms. The first kappa shape index (κ1) is 18.8. The Hall–Kier alpha value is -2.57. The summed E-state index contributed by atoms with van der Waals surface area (Å²) in [7, 11) is 0. The number of nitrogens with one attached hydrogen (secondary N) is 3. The highest BCUT2D eigenvalue weighted by Gasteiger charge is 2.22. The van der Waals surface area contributed by atoms with Gasteiger partial charge in [-0.15, -0.1) is 0 Å². The molecule has 0 spiro atoms. The maximum Gasteiger partial charge on any atom is 0.130 e. The molecular weight excluding hydrogens is 350 g/mol. The summed E-state index contributed by atoms with van der Waals surface area (Å²) in [5.74, 6) is 1.24. The fraction of sp³-hybridized carbons (Fsp3) is 0.409. The molecule has 0 aliphatic carbocycles. The SMILES string of the molecule is Cc1ccc(Nc2cc(N[C@@H]3CCOC[C@@H]3N)cc3[nH]ccc23)nc1C(C)C. The first-order valence-corrected chi connectivity index (χ1v) is 9.97. The van der Waals surface area contributed by atoms with Gasteiger partial charge in [-0.2, -0.15) is 0 Å². The van der Waals surface area contributed by atoms with Crippen LogP contribution in [0, 0.1) is 6.92 Å². The van der Waals surface area contributed by atoms with Crippen LogP contribution in [0.1, 0.15) is 37.4 Å². The number of nitrogens with zero attached hydrogens (tertiary/aromatic N) is 1. The Kier molecular flexibility index (Phi) is 5.24. The summed E-state index contributed by atoms with van der Waals surface area (Å²) >= 11 is 0. The summed E-state index contributed by atoms with van der Waals surface area (Å²) in [6, 6.07) is 10.7. The van der Waals surface area contributed by atoms with E-state index in [0.29, 0.717) is 12.5 Å². The van der Waals surface area contributed by atoms with E-state index in [1.165, 1.54) is 5.56 Å². The second kappa shape index (κ2) is 7.81. The van der Waals surface area contributed by atoms with E-state index in [4.69, 9.17) is 15.5 Å². The second-order valence-electron chi connectivity index (χ2n) is 7.92. The monoisotopic (exact) mass is 379 g/mol. The Morgan fingerprint density at radius 1 is 1.25 bits per heavy atom. The Morgan fingerprint density at radius 3 is 2.89 bits per heavy atom. The highest BCUT2D eigenvalue weighted by atomic mass is 16.5. The number of hydrogen-bond donors (Lipinski definition) is 4. The van der Waals surface area contributed by atoms with E-state index in [9.17, 15) is 0 Å². The van der Waals surface area contributed by atoms with E-state index in [1.807, 2.05) is 12.3 Å². The largest absolute Gasteiger partial charge is 0.380 e. The van der Waals surface area contributed by atoms with Crippen LogP contribution in [0.5, 0.6) is 0 Å². The lowest BCUT2D eigenvalue weighted by Gasteiger charge is -2.30. The van der Waals surface area contributed by atoms with Crippen molar-refractivity contribution >= 4 is 28.1 Å². The zero-order valence-electron chi connectivity index (χ0n) is 16.8.